The zero-order valence-electron chi connectivity index (χ0n) is 12.6. The van der Waals surface area contributed by atoms with E-state index in [0.29, 0.717) is 0 Å². The Bertz CT molecular complexity index is 524. The number of benzene rings is 1. The Balaban J connectivity index is 1.42. The molecule has 1 atom stereocenters. The van der Waals surface area contributed by atoms with Gasteiger partial charge >= 0.3 is 0 Å². The van der Waals surface area contributed by atoms with Crippen LogP contribution in [0.4, 0.5) is 0 Å². The lowest BCUT2D eigenvalue weighted by molar-refractivity contribution is -0.125. The van der Waals surface area contributed by atoms with Gasteiger partial charge in [0.05, 0.1) is 0 Å². The fourth-order valence-corrected chi connectivity index (χ4v) is 3.26. The molecule has 0 bridgehead atoms. The number of nitrogens with zero attached hydrogens (tertiary/aromatic N) is 1. The van der Waals surface area contributed by atoms with Gasteiger partial charge in [-0.05, 0) is 36.8 Å². The van der Waals surface area contributed by atoms with E-state index in [4.69, 9.17) is 0 Å². The predicted molar refractivity (Wildman–Crippen MR) is 84.9 cm³/mol. The summed E-state index contributed by atoms with van der Waals surface area (Å²) in [7, 11) is 0. The molecule has 1 heterocycles. The second-order valence-corrected chi connectivity index (χ2v) is 6.07. The fraction of sp³-hybridized carbons (Fsp3) is 0.500. The van der Waals surface area contributed by atoms with E-state index in [0.717, 1.165) is 51.9 Å². The van der Waals surface area contributed by atoms with Crippen LogP contribution in [0.2, 0.25) is 0 Å². The smallest absolute Gasteiger partial charge is 0.223 e. The van der Waals surface area contributed by atoms with E-state index in [9.17, 15) is 4.79 Å². The van der Waals surface area contributed by atoms with Gasteiger partial charge in [-0.15, -0.1) is 0 Å². The number of nitrogens with one attached hydrogen (secondary N) is 1. The van der Waals surface area contributed by atoms with Gasteiger partial charge in [-0.1, -0.05) is 36.4 Å². The molecule has 1 aromatic rings. The maximum atomic E-state index is 12.1. The molecule has 1 aromatic carbocycles. The van der Waals surface area contributed by atoms with Crippen LogP contribution in [-0.2, 0) is 17.8 Å². The lowest BCUT2D eigenvalue weighted by Crippen LogP contribution is -2.39. The molecule has 2 aliphatic rings. The van der Waals surface area contributed by atoms with E-state index in [1.54, 1.807) is 0 Å². The lowest BCUT2D eigenvalue weighted by atomic mass is 9.94. The predicted octanol–water partition coefficient (Wildman–Crippen LogP) is 2.52. The van der Waals surface area contributed by atoms with Gasteiger partial charge in [-0.25, -0.2) is 0 Å². The summed E-state index contributed by atoms with van der Waals surface area (Å²) in [4.78, 5) is 14.5. The van der Waals surface area contributed by atoms with Crippen LogP contribution in [0.25, 0.3) is 0 Å². The van der Waals surface area contributed by atoms with Crippen LogP contribution in [-0.4, -0.2) is 30.4 Å². The molecule has 0 radical (unpaired) electrons. The number of carbonyl (C=O) groups excluding carboxylic acids is 1. The highest BCUT2D eigenvalue weighted by Crippen LogP contribution is 2.19. The largest absolute Gasteiger partial charge is 0.355 e. The van der Waals surface area contributed by atoms with E-state index in [2.05, 4.69) is 46.6 Å². The van der Waals surface area contributed by atoms with Crippen molar-refractivity contribution in [2.75, 3.05) is 19.6 Å². The molecule has 3 rings (SSSR count). The van der Waals surface area contributed by atoms with Gasteiger partial charge in [-0.2, -0.15) is 0 Å². The second kappa shape index (κ2) is 6.90. The van der Waals surface area contributed by atoms with Crippen molar-refractivity contribution in [3.63, 3.8) is 0 Å². The number of hydrogen-bond donors (Lipinski definition) is 1. The summed E-state index contributed by atoms with van der Waals surface area (Å²) in [6.45, 7) is 3.82. The summed E-state index contributed by atoms with van der Waals surface area (Å²) >= 11 is 0. The number of carbonyl (C=O) groups is 1. The molecule has 3 heteroatoms. The molecule has 0 fully saturated rings. The minimum absolute atomic E-state index is 0.192. The summed E-state index contributed by atoms with van der Waals surface area (Å²) < 4.78 is 0. The third-order valence-electron chi connectivity index (χ3n) is 4.58. The zero-order chi connectivity index (χ0) is 14.5. The Morgan fingerprint density at radius 2 is 2.10 bits per heavy atom. The van der Waals surface area contributed by atoms with Crippen LogP contribution < -0.4 is 5.32 Å². The molecule has 1 aliphatic carbocycles. The first-order valence-corrected chi connectivity index (χ1v) is 8.05. The Morgan fingerprint density at radius 3 is 2.90 bits per heavy atom. The van der Waals surface area contributed by atoms with Crippen LogP contribution in [0.5, 0.6) is 0 Å². The van der Waals surface area contributed by atoms with Crippen molar-refractivity contribution in [3.05, 3.63) is 47.5 Å². The highest BCUT2D eigenvalue weighted by Gasteiger charge is 2.19. The average Bonchev–Trinajstić information content (AvgIpc) is 2.55. The van der Waals surface area contributed by atoms with Crippen LogP contribution in [0, 0.1) is 5.92 Å². The molecule has 3 nitrogen and oxygen atoms in total. The van der Waals surface area contributed by atoms with Crippen molar-refractivity contribution in [1.29, 1.82) is 0 Å². The first-order valence-electron chi connectivity index (χ1n) is 8.05. The number of rotatable bonds is 4. The zero-order valence-corrected chi connectivity index (χ0v) is 12.6. The van der Waals surface area contributed by atoms with Crippen LogP contribution in [0.1, 0.15) is 30.4 Å². The minimum atomic E-state index is 0.192. The van der Waals surface area contributed by atoms with Gasteiger partial charge < -0.3 is 5.32 Å². The monoisotopic (exact) mass is 284 g/mol. The molecule has 0 saturated carbocycles. The summed E-state index contributed by atoms with van der Waals surface area (Å²) in [6.07, 6.45) is 8.38. The lowest BCUT2D eigenvalue weighted by Gasteiger charge is -2.29. The third kappa shape index (κ3) is 3.73. The Labute approximate surface area is 127 Å². The van der Waals surface area contributed by atoms with Crippen LogP contribution in [0.15, 0.2) is 36.4 Å². The van der Waals surface area contributed by atoms with Crippen molar-refractivity contribution >= 4 is 5.91 Å². The number of hydrogen-bond acceptors (Lipinski definition) is 2. The van der Waals surface area contributed by atoms with Crippen molar-refractivity contribution < 1.29 is 4.79 Å². The third-order valence-corrected chi connectivity index (χ3v) is 4.58. The molecule has 0 spiro atoms. The van der Waals surface area contributed by atoms with E-state index in [1.807, 2.05) is 0 Å². The van der Waals surface area contributed by atoms with E-state index in [1.165, 1.54) is 11.1 Å². The van der Waals surface area contributed by atoms with Crippen molar-refractivity contribution in [1.82, 2.24) is 10.2 Å². The Morgan fingerprint density at radius 1 is 1.24 bits per heavy atom. The molecular weight excluding hydrogens is 260 g/mol. The summed E-state index contributed by atoms with van der Waals surface area (Å²) in [6, 6.07) is 8.67. The molecule has 1 N–H and O–H groups in total. The number of amides is 1. The maximum absolute atomic E-state index is 12.1. The summed E-state index contributed by atoms with van der Waals surface area (Å²) in [5, 5.41) is 3.11. The standard InChI is InChI=1S/C18H24N2O/c21-18(16-7-2-1-3-8-16)19-11-13-20-12-10-15-6-4-5-9-17(15)14-20/h1-2,4-6,9,16H,3,7-8,10-14H2,(H,19,21)/t16-/m0/s1. The molecule has 21 heavy (non-hydrogen) atoms. The van der Waals surface area contributed by atoms with Crippen LogP contribution >= 0.6 is 0 Å². The van der Waals surface area contributed by atoms with Gasteiger partial charge in [0.25, 0.3) is 0 Å². The van der Waals surface area contributed by atoms with Gasteiger partial charge in [0.1, 0.15) is 0 Å². The van der Waals surface area contributed by atoms with Gasteiger partial charge in [0.2, 0.25) is 5.91 Å². The van der Waals surface area contributed by atoms with Crippen molar-refractivity contribution in [3.8, 4) is 0 Å². The van der Waals surface area contributed by atoms with E-state index < -0.39 is 0 Å². The van der Waals surface area contributed by atoms with E-state index >= 15 is 0 Å². The van der Waals surface area contributed by atoms with Gasteiger partial charge in [0, 0.05) is 32.1 Å². The maximum Gasteiger partial charge on any atom is 0.223 e. The molecule has 112 valence electrons. The molecular formula is C18H24N2O. The quantitative estimate of drug-likeness (QED) is 0.862. The number of fused-ring (bicyclic) bond motifs is 1. The molecule has 0 saturated heterocycles. The van der Waals surface area contributed by atoms with Crippen molar-refractivity contribution in [2.45, 2.75) is 32.2 Å². The topological polar surface area (TPSA) is 32.3 Å². The molecule has 0 aromatic heterocycles. The highest BCUT2D eigenvalue weighted by molar-refractivity contribution is 5.78. The fourth-order valence-electron chi connectivity index (χ4n) is 3.26. The Hall–Kier alpha value is -1.61. The highest BCUT2D eigenvalue weighted by atomic mass is 16.1. The number of allylic oxidation sites excluding steroid dienone is 2. The Kier molecular flexibility index (Phi) is 4.71. The molecule has 0 unspecified atom stereocenters. The summed E-state index contributed by atoms with van der Waals surface area (Å²) in [5.41, 5.74) is 2.92. The summed E-state index contributed by atoms with van der Waals surface area (Å²) in [5.74, 6) is 0.425. The van der Waals surface area contributed by atoms with E-state index in [-0.39, 0.29) is 11.8 Å². The minimum Gasteiger partial charge on any atom is -0.355 e. The first-order chi connectivity index (χ1) is 10.3. The molecule has 1 amide bonds. The molecule has 1 aliphatic heterocycles. The average molecular weight is 284 g/mol. The SMILES string of the molecule is O=C(NCCN1CCc2ccccc2C1)[C@H]1CC=CCC1. The van der Waals surface area contributed by atoms with Gasteiger partial charge in [0.15, 0.2) is 0 Å². The first kappa shape index (κ1) is 14.3. The second-order valence-electron chi connectivity index (χ2n) is 6.07. The van der Waals surface area contributed by atoms with Crippen LogP contribution in [0.3, 0.4) is 0 Å². The van der Waals surface area contributed by atoms with Gasteiger partial charge in [-0.3, -0.25) is 9.69 Å². The van der Waals surface area contributed by atoms with Crippen molar-refractivity contribution in [2.24, 2.45) is 5.92 Å². The normalized spacial score (nSPS) is 21.8.